The van der Waals surface area contributed by atoms with Crippen LogP contribution < -0.4 is 0 Å². The molecule has 65 valence electrons. The van der Waals surface area contributed by atoms with Crippen LogP contribution in [0.4, 0.5) is 0 Å². The van der Waals surface area contributed by atoms with Crippen LogP contribution in [0.15, 0.2) is 30.3 Å². The van der Waals surface area contributed by atoms with Crippen LogP contribution in [0.3, 0.4) is 0 Å². The Morgan fingerprint density at radius 1 is 1.25 bits per heavy atom. The predicted octanol–water partition coefficient (Wildman–Crippen LogP) is 1.45. The number of rotatable bonds is 2. The Balaban J connectivity index is 3.02. The second-order valence-electron chi connectivity index (χ2n) is 2.41. The van der Waals surface area contributed by atoms with Crippen molar-refractivity contribution in [3.05, 3.63) is 42.8 Å². The van der Waals surface area contributed by atoms with Gasteiger partial charge >= 0.3 is 0 Å². The molecule has 0 aliphatic heterocycles. The van der Waals surface area contributed by atoms with E-state index in [0.717, 1.165) is 0 Å². The van der Waals surface area contributed by atoms with Crippen molar-refractivity contribution in [1.82, 2.24) is 0 Å². The average molecular weight is 185 g/mol. The van der Waals surface area contributed by atoms with Crippen molar-refractivity contribution in [3.63, 3.8) is 0 Å². The van der Waals surface area contributed by atoms with Crippen LogP contribution in [-0.2, 0) is 10.1 Å². The molecule has 0 aliphatic carbocycles. The molecule has 4 heteroatoms. The van der Waals surface area contributed by atoms with E-state index in [2.05, 4.69) is 6.92 Å². The molecule has 0 saturated carbocycles. The molecule has 0 fully saturated rings. The first-order valence-electron chi connectivity index (χ1n) is 3.36. The SMILES string of the molecule is [CH2]C(c1ccccc1)S(=O)(=O)O. The molecule has 12 heavy (non-hydrogen) atoms. The van der Waals surface area contributed by atoms with Crippen LogP contribution in [-0.4, -0.2) is 13.0 Å². The lowest BCUT2D eigenvalue weighted by atomic mass is 10.2. The monoisotopic (exact) mass is 185 g/mol. The topological polar surface area (TPSA) is 54.4 Å². The molecule has 0 aromatic heterocycles. The van der Waals surface area contributed by atoms with Crippen LogP contribution in [0.5, 0.6) is 0 Å². The molecule has 0 bridgehead atoms. The van der Waals surface area contributed by atoms with Gasteiger partial charge in [0.15, 0.2) is 0 Å². The third-order valence-corrected chi connectivity index (χ3v) is 2.52. The molecule has 3 nitrogen and oxygen atoms in total. The number of benzene rings is 1. The van der Waals surface area contributed by atoms with Gasteiger partial charge in [0.1, 0.15) is 5.25 Å². The van der Waals surface area contributed by atoms with Gasteiger partial charge in [0.2, 0.25) is 0 Å². The number of hydrogen-bond donors (Lipinski definition) is 1. The zero-order valence-electron chi connectivity index (χ0n) is 6.34. The first kappa shape index (κ1) is 9.22. The normalized spacial score (nSPS) is 14.2. The second-order valence-corrected chi connectivity index (χ2v) is 4.01. The van der Waals surface area contributed by atoms with E-state index >= 15 is 0 Å². The van der Waals surface area contributed by atoms with E-state index in [1.54, 1.807) is 30.3 Å². The highest BCUT2D eigenvalue weighted by Crippen LogP contribution is 2.18. The summed E-state index contributed by atoms with van der Waals surface area (Å²) in [4.78, 5) is 0. The van der Waals surface area contributed by atoms with Crippen molar-refractivity contribution in [2.45, 2.75) is 5.25 Å². The first-order chi connectivity index (χ1) is 5.52. The largest absolute Gasteiger partial charge is 0.285 e. The van der Waals surface area contributed by atoms with Gasteiger partial charge in [-0.15, -0.1) is 0 Å². The van der Waals surface area contributed by atoms with Crippen LogP contribution in [0.25, 0.3) is 0 Å². The summed E-state index contributed by atoms with van der Waals surface area (Å²) in [6, 6.07) is 8.36. The van der Waals surface area contributed by atoms with Gasteiger partial charge in [0, 0.05) is 0 Å². The van der Waals surface area contributed by atoms with Gasteiger partial charge in [-0.25, -0.2) is 0 Å². The summed E-state index contributed by atoms with van der Waals surface area (Å²) in [6.45, 7) is 3.34. The molecular weight excluding hydrogens is 176 g/mol. The third-order valence-electron chi connectivity index (χ3n) is 1.53. The van der Waals surface area contributed by atoms with Crippen molar-refractivity contribution in [2.24, 2.45) is 0 Å². The highest BCUT2D eigenvalue weighted by Gasteiger charge is 2.18. The smallest absolute Gasteiger partial charge is 0.271 e. The van der Waals surface area contributed by atoms with Gasteiger partial charge in [-0.2, -0.15) is 8.42 Å². The van der Waals surface area contributed by atoms with Crippen molar-refractivity contribution in [3.8, 4) is 0 Å². The van der Waals surface area contributed by atoms with E-state index < -0.39 is 15.4 Å². The van der Waals surface area contributed by atoms with E-state index in [1.807, 2.05) is 0 Å². The molecule has 0 aliphatic rings. The summed E-state index contributed by atoms with van der Waals surface area (Å²) in [7, 11) is -4.07. The fourth-order valence-corrected chi connectivity index (χ4v) is 1.34. The highest BCUT2D eigenvalue weighted by atomic mass is 32.2. The molecule has 0 saturated heterocycles. The van der Waals surface area contributed by atoms with Gasteiger partial charge in [-0.05, 0) is 12.5 Å². The molecule has 1 radical (unpaired) electrons. The third kappa shape index (κ3) is 2.06. The maximum Gasteiger partial charge on any atom is 0.271 e. The van der Waals surface area contributed by atoms with Crippen LogP contribution in [0.1, 0.15) is 10.8 Å². The van der Waals surface area contributed by atoms with Crippen LogP contribution in [0, 0.1) is 6.92 Å². The molecule has 1 aromatic carbocycles. The van der Waals surface area contributed by atoms with Gasteiger partial charge in [0.05, 0.1) is 0 Å². The molecule has 1 rings (SSSR count). The quantitative estimate of drug-likeness (QED) is 0.709. The lowest BCUT2D eigenvalue weighted by Gasteiger charge is -2.06. The van der Waals surface area contributed by atoms with Crippen molar-refractivity contribution < 1.29 is 13.0 Å². The van der Waals surface area contributed by atoms with Crippen LogP contribution in [0.2, 0.25) is 0 Å². The minimum Gasteiger partial charge on any atom is -0.285 e. The molecule has 0 heterocycles. The summed E-state index contributed by atoms with van der Waals surface area (Å²) < 4.78 is 29.9. The molecule has 1 atom stereocenters. The van der Waals surface area contributed by atoms with Gasteiger partial charge in [0.25, 0.3) is 10.1 Å². The first-order valence-corrected chi connectivity index (χ1v) is 4.86. The molecule has 1 aromatic rings. The maximum atomic E-state index is 10.6. The van der Waals surface area contributed by atoms with E-state index in [1.165, 1.54) is 0 Å². The second kappa shape index (κ2) is 3.25. The van der Waals surface area contributed by atoms with Crippen molar-refractivity contribution in [2.75, 3.05) is 0 Å². The molecule has 0 spiro atoms. The zero-order valence-corrected chi connectivity index (χ0v) is 7.16. The van der Waals surface area contributed by atoms with E-state index in [9.17, 15) is 8.42 Å². The summed E-state index contributed by atoms with van der Waals surface area (Å²) >= 11 is 0. The molecular formula is C8H9O3S. The minimum absolute atomic E-state index is 0.486. The summed E-state index contributed by atoms with van der Waals surface area (Å²) in [6.07, 6.45) is 0. The zero-order chi connectivity index (χ0) is 9.19. The predicted molar refractivity (Wildman–Crippen MR) is 46.1 cm³/mol. The molecule has 0 amide bonds. The fraction of sp³-hybridized carbons (Fsp3) is 0.125. The van der Waals surface area contributed by atoms with Crippen LogP contribution >= 0.6 is 0 Å². The van der Waals surface area contributed by atoms with E-state index in [-0.39, 0.29) is 0 Å². The standard InChI is InChI=1S/C8H9O3S/c1-7(12(9,10)11)8-5-3-2-4-6-8/h2-7H,1H2,(H,9,10,11). The molecule has 1 unspecified atom stereocenters. The van der Waals surface area contributed by atoms with Gasteiger partial charge in [-0.1, -0.05) is 30.3 Å². The van der Waals surface area contributed by atoms with E-state index in [0.29, 0.717) is 5.56 Å². The Labute approximate surface area is 71.8 Å². The van der Waals surface area contributed by atoms with Gasteiger partial charge in [-0.3, -0.25) is 4.55 Å². The lowest BCUT2D eigenvalue weighted by molar-refractivity contribution is 0.476. The Morgan fingerprint density at radius 3 is 2.17 bits per heavy atom. The Hall–Kier alpha value is -0.870. The minimum atomic E-state index is -4.07. The molecule has 1 N–H and O–H groups in total. The summed E-state index contributed by atoms with van der Waals surface area (Å²) in [5.41, 5.74) is 0.486. The lowest BCUT2D eigenvalue weighted by Crippen LogP contribution is -2.08. The Morgan fingerprint density at radius 2 is 1.75 bits per heavy atom. The summed E-state index contributed by atoms with van der Waals surface area (Å²) in [5.74, 6) is 0. The average Bonchev–Trinajstić information content (AvgIpc) is 2.03. The summed E-state index contributed by atoms with van der Waals surface area (Å²) in [5, 5.41) is -1.10. The Bertz CT molecular complexity index is 342. The van der Waals surface area contributed by atoms with Crippen molar-refractivity contribution >= 4 is 10.1 Å². The Kier molecular flexibility index (Phi) is 2.49. The maximum absolute atomic E-state index is 10.6. The van der Waals surface area contributed by atoms with E-state index in [4.69, 9.17) is 4.55 Å². The van der Waals surface area contributed by atoms with Crippen molar-refractivity contribution in [1.29, 1.82) is 0 Å². The number of hydrogen-bond acceptors (Lipinski definition) is 2. The fourth-order valence-electron chi connectivity index (χ4n) is 0.840. The highest BCUT2D eigenvalue weighted by molar-refractivity contribution is 7.86. The van der Waals surface area contributed by atoms with Gasteiger partial charge < -0.3 is 0 Å².